The topological polar surface area (TPSA) is 31.2 Å². The predicted molar refractivity (Wildman–Crippen MR) is 123 cm³/mol. The Morgan fingerprint density at radius 1 is 0.714 bits per heavy atom. The van der Waals surface area contributed by atoms with Gasteiger partial charge in [0, 0.05) is 21.6 Å². The van der Waals surface area contributed by atoms with E-state index in [1.54, 1.807) is 23.5 Å². The van der Waals surface area contributed by atoms with Gasteiger partial charge >= 0.3 is 0 Å². The number of fused-ring (bicyclic) bond motifs is 1. The highest BCUT2D eigenvalue weighted by Gasteiger charge is 2.41. The Labute approximate surface area is 184 Å². The largest absolute Gasteiger partial charge is 0.234 e. The molecule has 2 heterocycles. The highest BCUT2D eigenvalue weighted by Crippen LogP contribution is 2.35. The van der Waals surface area contributed by atoms with Crippen molar-refractivity contribution in [1.82, 2.24) is 10.0 Å². The number of thioether (sulfide) groups is 2. The van der Waals surface area contributed by atoms with Crippen LogP contribution in [0.2, 0.25) is 10.0 Å². The van der Waals surface area contributed by atoms with Gasteiger partial charge in [-0.25, -0.2) is 20.0 Å². The maximum atomic E-state index is 5.98. The lowest BCUT2D eigenvalue weighted by Crippen LogP contribution is -2.44. The van der Waals surface area contributed by atoms with Gasteiger partial charge in [0.1, 0.15) is 12.3 Å². The third-order valence-electron chi connectivity index (χ3n) is 4.49. The van der Waals surface area contributed by atoms with E-state index in [0.29, 0.717) is 0 Å². The number of hydrogen-bond acceptors (Lipinski definition) is 6. The molecule has 0 spiro atoms. The van der Waals surface area contributed by atoms with E-state index in [9.17, 15) is 0 Å². The van der Waals surface area contributed by atoms with E-state index in [2.05, 4.69) is 48.1 Å². The molecule has 146 valence electrons. The molecule has 0 bridgehead atoms. The number of nitrogens with zero attached hydrogens (tertiary/aromatic N) is 4. The highest BCUT2D eigenvalue weighted by molar-refractivity contribution is 8.13. The number of amidine groups is 2. The Kier molecular flexibility index (Phi) is 6.11. The first-order valence-electron chi connectivity index (χ1n) is 9.00. The first kappa shape index (κ1) is 20.0. The molecule has 2 aliphatic rings. The summed E-state index contributed by atoms with van der Waals surface area (Å²) in [7, 11) is 0. The standard InChI is InChI=1S/C20H20Cl2N4S2/c1-13-23-19(27-11-15-3-7-17(21)8-4-15)26-14(2)24-20(25(13)26)28-12-16-5-9-18(22)10-6-16/h3-10,13-14H,11-12H2,1-2H3/t13-,14-/m1/s1. The Hall–Kier alpha value is -1.34. The Morgan fingerprint density at radius 3 is 1.43 bits per heavy atom. The van der Waals surface area contributed by atoms with Crippen LogP contribution in [0.3, 0.4) is 0 Å². The molecule has 0 N–H and O–H groups in total. The van der Waals surface area contributed by atoms with Crippen LogP contribution in [0, 0.1) is 0 Å². The van der Waals surface area contributed by atoms with Gasteiger partial charge < -0.3 is 0 Å². The van der Waals surface area contributed by atoms with Gasteiger partial charge in [-0.3, -0.25) is 0 Å². The second-order valence-corrected chi connectivity index (χ2v) is 9.36. The van der Waals surface area contributed by atoms with Crippen LogP contribution in [0.4, 0.5) is 0 Å². The monoisotopic (exact) mass is 450 g/mol. The summed E-state index contributed by atoms with van der Waals surface area (Å²) in [6, 6.07) is 15.9. The van der Waals surface area contributed by atoms with Crippen molar-refractivity contribution in [3.8, 4) is 0 Å². The van der Waals surface area contributed by atoms with Crippen molar-refractivity contribution in [2.75, 3.05) is 0 Å². The average Bonchev–Trinajstić information content (AvgIpc) is 3.19. The molecule has 4 rings (SSSR count). The van der Waals surface area contributed by atoms with Crippen molar-refractivity contribution in [2.24, 2.45) is 9.98 Å². The number of hydrogen-bond donors (Lipinski definition) is 0. The summed E-state index contributed by atoms with van der Waals surface area (Å²) in [5.74, 6) is 1.71. The van der Waals surface area contributed by atoms with Crippen LogP contribution < -0.4 is 0 Å². The van der Waals surface area contributed by atoms with Crippen LogP contribution in [-0.4, -0.2) is 32.7 Å². The molecule has 2 aromatic carbocycles. The molecule has 0 saturated carbocycles. The number of benzene rings is 2. The molecule has 2 aromatic rings. The van der Waals surface area contributed by atoms with Crippen LogP contribution >= 0.6 is 46.7 Å². The fraction of sp³-hybridized carbons (Fsp3) is 0.300. The zero-order valence-corrected chi connectivity index (χ0v) is 18.7. The van der Waals surface area contributed by atoms with Crippen molar-refractivity contribution in [3.63, 3.8) is 0 Å². The van der Waals surface area contributed by atoms with Crippen LogP contribution in [0.25, 0.3) is 0 Å². The second kappa shape index (κ2) is 8.57. The second-order valence-electron chi connectivity index (χ2n) is 6.61. The molecule has 0 saturated heterocycles. The van der Waals surface area contributed by atoms with E-state index in [1.807, 2.05) is 24.3 Å². The van der Waals surface area contributed by atoms with E-state index >= 15 is 0 Å². The highest BCUT2D eigenvalue weighted by atomic mass is 35.5. The summed E-state index contributed by atoms with van der Waals surface area (Å²) in [5.41, 5.74) is 2.46. The summed E-state index contributed by atoms with van der Waals surface area (Å²) < 4.78 is 0. The van der Waals surface area contributed by atoms with Gasteiger partial charge in [0.05, 0.1) is 0 Å². The van der Waals surface area contributed by atoms with E-state index in [0.717, 1.165) is 31.9 Å². The fourth-order valence-corrected chi connectivity index (χ4v) is 5.50. The minimum Gasteiger partial charge on any atom is -0.234 e. The van der Waals surface area contributed by atoms with Crippen LogP contribution in [0.5, 0.6) is 0 Å². The van der Waals surface area contributed by atoms with Gasteiger partial charge in [-0.15, -0.1) is 0 Å². The van der Waals surface area contributed by atoms with E-state index in [4.69, 9.17) is 33.2 Å². The minimum absolute atomic E-state index is 0.0501. The smallest absolute Gasteiger partial charge is 0.182 e. The summed E-state index contributed by atoms with van der Waals surface area (Å²) in [6.07, 6.45) is 0.100. The van der Waals surface area contributed by atoms with E-state index < -0.39 is 0 Å². The molecule has 0 fully saturated rings. The quantitative estimate of drug-likeness (QED) is 0.561. The number of aliphatic imine (C=N–C) groups is 2. The lowest BCUT2D eigenvalue weighted by atomic mass is 10.2. The molecule has 8 heteroatoms. The lowest BCUT2D eigenvalue weighted by molar-refractivity contribution is 0.119. The third-order valence-corrected chi connectivity index (χ3v) is 7.05. The van der Waals surface area contributed by atoms with Gasteiger partial charge in [-0.05, 0) is 49.2 Å². The van der Waals surface area contributed by atoms with Gasteiger partial charge in [0.25, 0.3) is 0 Å². The van der Waals surface area contributed by atoms with Crippen molar-refractivity contribution in [2.45, 2.75) is 37.7 Å². The first-order valence-corrected chi connectivity index (χ1v) is 11.7. The summed E-state index contributed by atoms with van der Waals surface area (Å²) in [4.78, 5) is 9.73. The molecule has 2 atom stereocenters. The van der Waals surface area contributed by atoms with Gasteiger partial charge in [0.2, 0.25) is 0 Å². The first-order chi connectivity index (χ1) is 13.5. The third kappa shape index (κ3) is 4.30. The average molecular weight is 451 g/mol. The molecule has 4 nitrogen and oxygen atoms in total. The zero-order valence-electron chi connectivity index (χ0n) is 15.5. The van der Waals surface area contributed by atoms with Crippen LogP contribution in [0.15, 0.2) is 58.5 Å². The summed E-state index contributed by atoms with van der Waals surface area (Å²) in [5, 5.41) is 7.96. The van der Waals surface area contributed by atoms with Gasteiger partial charge in [-0.1, -0.05) is 71.0 Å². The normalized spacial score (nSPS) is 21.0. The Balaban J connectivity index is 1.39. The van der Waals surface area contributed by atoms with Gasteiger partial charge in [-0.2, -0.15) is 0 Å². The Bertz CT molecular complexity index is 824. The number of hydrazine groups is 1. The molecule has 0 radical (unpaired) electrons. The molecule has 0 aliphatic carbocycles. The molecule has 0 aromatic heterocycles. The predicted octanol–water partition coefficient (Wildman–Crippen LogP) is 6.11. The maximum absolute atomic E-state index is 5.98. The summed E-state index contributed by atoms with van der Waals surface area (Å²) in [6.45, 7) is 4.22. The lowest BCUT2D eigenvalue weighted by Gasteiger charge is -2.29. The summed E-state index contributed by atoms with van der Waals surface area (Å²) >= 11 is 15.4. The van der Waals surface area contributed by atoms with Gasteiger partial charge in [0.15, 0.2) is 10.3 Å². The van der Waals surface area contributed by atoms with Crippen LogP contribution in [0.1, 0.15) is 25.0 Å². The van der Waals surface area contributed by atoms with Crippen molar-refractivity contribution >= 4 is 57.1 Å². The van der Waals surface area contributed by atoms with Crippen molar-refractivity contribution in [3.05, 3.63) is 69.7 Å². The molecule has 0 unspecified atom stereocenters. The fourth-order valence-electron chi connectivity index (χ4n) is 3.08. The van der Waals surface area contributed by atoms with Crippen LogP contribution in [-0.2, 0) is 11.5 Å². The Morgan fingerprint density at radius 2 is 1.07 bits per heavy atom. The SMILES string of the molecule is C[C@@H]1N=C(SCc2ccc(Cl)cc2)N2[C@H](C)N=C(SCc3ccc(Cl)cc3)N12. The number of halogens is 2. The zero-order chi connectivity index (χ0) is 19.7. The molecular formula is C20H20Cl2N4S2. The minimum atomic E-state index is 0.0501. The van der Waals surface area contributed by atoms with E-state index in [-0.39, 0.29) is 12.3 Å². The van der Waals surface area contributed by atoms with E-state index in [1.165, 1.54) is 11.1 Å². The van der Waals surface area contributed by atoms with Crippen molar-refractivity contribution in [1.29, 1.82) is 0 Å². The molecule has 2 aliphatic heterocycles. The molecule has 0 amide bonds. The molecular weight excluding hydrogens is 431 g/mol. The van der Waals surface area contributed by atoms with Crippen molar-refractivity contribution < 1.29 is 0 Å². The number of rotatable bonds is 4. The maximum Gasteiger partial charge on any atom is 0.182 e. The molecule has 28 heavy (non-hydrogen) atoms.